The standard InChI is InChI=1S/C14H26N2O6/c1-3-17-5-6-18-4-2-16-8-14-20-10-11-12(22-14)9-19-13(21-11)7-15-1/h11-16H,1-10H2/t11-,12-,13+,14+/m0/s1. The van der Waals surface area contributed by atoms with Gasteiger partial charge in [-0.05, 0) is 0 Å². The van der Waals surface area contributed by atoms with Crippen LogP contribution >= 0.6 is 0 Å². The Morgan fingerprint density at radius 3 is 1.64 bits per heavy atom. The van der Waals surface area contributed by atoms with Crippen molar-refractivity contribution >= 4 is 0 Å². The highest BCUT2D eigenvalue weighted by molar-refractivity contribution is 4.80. The van der Waals surface area contributed by atoms with Crippen LogP contribution in [0.2, 0.25) is 0 Å². The Balaban J connectivity index is 1.48. The molecule has 0 unspecified atom stereocenters. The lowest BCUT2D eigenvalue weighted by molar-refractivity contribution is -0.333. The van der Waals surface area contributed by atoms with Crippen LogP contribution < -0.4 is 10.6 Å². The van der Waals surface area contributed by atoms with Gasteiger partial charge in [0.15, 0.2) is 12.6 Å². The van der Waals surface area contributed by atoms with Gasteiger partial charge < -0.3 is 39.1 Å². The molecule has 0 spiro atoms. The molecule has 0 aromatic heterocycles. The van der Waals surface area contributed by atoms with Crippen molar-refractivity contribution in [3.63, 3.8) is 0 Å². The maximum atomic E-state index is 5.87. The number of hydrogen-bond acceptors (Lipinski definition) is 8. The number of rotatable bonds is 0. The summed E-state index contributed by atoms with van der Waals surface area (Å²) in [6.07, 6.45) is -0.638. The zero-order chi connectivity index (χ0) is 15.0. The van der Waals surface area contributed by atoms with E-state index in [0.717, 1.165) is 13.1 Å². The summed E-state index contributed by atoms with van der Waals surface area (Å²) in [5, 5.41) is 6.53. The van der Waals surface area contributed by atoms with Crippen molar-refractivity contribution < 1.29 is 28.4 Å². The fourth-order valence-corrected chi connectivity index (χ4v) is 2.61. The van der Waals surface area contributed by atoms with Gasteiger partial charge in [0.25, 0.3) is 0 Å². The molecule has 4 rings (SSSR count). The highest BCUT2D eigenvalue weighted by Crippen LogP contribution is 2.22. The fraction of sp³-hybridized carbons (Fsp3) is 1.00. The lowest BCUT2D eigenvalue weighted by Gasteiger charge is -2.41. The second-order valence-corrected chi connectivity index (χ2v) is 5.51. The second kappa shape index (κ2) is 9.09. The minimum absolute atomic E-state index is 0.0599. The second-order valence-electron chi connectivity index (χ2n) is 5.51. The molecule has 4 atom stereocenters. The third-order valence-corrected chi connectivity index (χ3v) is 3.80. The smallest absolute Gasteiger partial charge is 0.170 e. The molecule has 128 valence electrons. The Morgan fingerprint density at radius 2 is 1.14 bits per heavy atom. The van der Waals surface area contributed by atoms with E-state index in [9.17, 15) is 0 Å². The molecule has 0 amide bonds. The third kappa shape index (κ3) is 5.10. The van der Waals surface area contributed by atoms with Crippen molar-refractivity contribution in [1.29, 1.82) is 0 Å². The van der Waals surface area contributed by atoms with Crippen LogP contribution in [-0.2, 0) is 28.4 Å². The van der Waals surface area contributed by atoms with Crippen molar-refractivity contribution in [2.45, 2.75) is 24.8 Å². The summed E-state index contributed by atoms with van der Waals surface area (Å²) in [5.74, 6) is 0. The Hall–Kier alpha value is -0.320. The summed E-state index contributed by atoms with van der Waals surface area (Å²) < 4.78 is 34.1. The summed E-state index contributed by atoms with van der Waals surface area (Å²) in [7, 11) is 0. The van der Waals surface area contributed by atoms with E-state index in [1.165, 1.54) is 0 Å². The van der Waals surface area contributed by atoms with E-state index in [4.69, 9.17) is 28.4 Å². The highest BCUT2D eigenvalue weighted by Gasteiger charge is 2.38. The quantitative estimate of drug-likeness (QED) is 0.533. The molecule has 4 saturated heterocycles. The SMILES string of the molecule is C1COCCOCCNC[C@@H]2OC[C@@H]3O[C@H](CN1)OC[C@@H]3O2. The predicted octanol–water partition coefficient (Wildman–Crippen LogP) is -1.30. The molecule has 0 aromatic carbocycles. The third-order valence-electron chi connectivity index (χ3n) is 3.80. The summed E-state index contributed by atoms with van der Waals surface area (Å²) in [6.45, 7) is 6.37. The first-order chi connectivity index (χ1) is 10.9. The normalized spacial score (nSPS) is 39.3. The Bertz CT molecular complexity index is 288. The molecule has 0 aromatic rings. The van der Waals surface area contributed by atoms with Crippen LogP contribution in [0.5, 0.6) is 0 Å². The summed E-state index contributed by atoms with van der Waals surface area (Å²) >= 11 is 0. The lowest BCUT2D eigenvalue weighted by atomic mass is 10.2. The van der Waals surface area contributed by atoms with Crippen molar-refractivity contribution in [2.24, 2.45) is 0 Å². The first-order valence-corrected chi connectivity index (χ1v) is 8.03. The molecule has 4 aliphatic heterocycles. The number of nitrogens with one attached hydrogen (secondary N) is 2. The first-order valence-electron chi connectivity index (χ1n) is 8.03. The molecule has 8 nitrogen and oxygen atoms in total. The average molecular weight is 318 g/mol. The zero-order valence-electron chi connectivity index (χ0n) is 12.8. The van der Waals surface area contributed by atoms with Crippen molar-refractivity contribution in [3.05, 3.63) is 0 Å². The summed E-state index contributed by atoms with van der Waals surface area (Å²) in [5.41, 5.74) is 0. The van der Waals surface area contributed by atoms with Gasteiger partial charge in [-0.15, -0.1) is 0 Å². The Morgan fingerprint density at radius 1 is 0.636 bits per heavy atom. The first kappa shape index (κ1) is 16.5. The number of hydrogen-bond donors (Lipinski definition) is 2. The number of ether oxygens (including phenoxy) is 6. The van der Waals surface area contributed by atoms with E-state index >= 15 is 0 Å². The molecule has 8 heteroatoms. The molecule has 0 aliphatic carbocycles. The van der Waals surface area contributed by atoms with Gasteiger partial charge in [-0.25, -0.2) is 0 Å². The molecule has 4 fully saturated rings. The maximum Gasteiger partial charge on any atom is 0.170 e. The van der Waals surface area contributed by atoms with Crippen LogP contribution in [0.4, 0.5) is 0 Å². The van der Waals surface area contributed by atoms with Crippen LogP contribution in [0.25, 0.3) is 0 Å². The molecule has 0 saturated carbocycles. The van der Waals surface area contributed by atoms with Crippen molar-refractivity contribution in [1.82, 2.24) is 10.6 Å². The molecular weight excluding hydrogens is 292 g/mol. The monoisotopic (exact) mass is 318 g/mol. The van der Waals surface area contributed by atoms with E-state index in [2.05, 4.69) is 10.6 Å². The summed E-state index contributed by atoms with van der Waals surface area (Å²) in [4.78, 5) is 0. The van der Waals surface area contributed by atoms with E-state index in [-0.39, 0.29) is 24.8 Å². The molecule has 4 bridgehead atoms. The molecule has 22 heavy (non-hydrogen) atoms. The van der Waals surface area contributed by atoms with E-state index < -0.39 is 0 Å². The maximum absolute atomic E-state index is 5.87. The minimum Gasteiger partial charge on any atom is -0.378 e. The minimum atomic E-state index is -0.259. The van der Waals surface area contributed by atoms with E-state index in [1.807, 2.05) is 0 Å². The van der Waals surface area contributed by atoms with E-state index in [1.54, 1.807) is 0 Å². The summed E-state index contributed by atoms with van der Waals surface area (Å²) in [6, 6.07) is 0. The molecular formula is C14H26N2O6. The van der Waals surface area contributed by atoms with Gasteiger partial charge in [0.1, 0.15) is 12.2 Å². The molecule has 4 aliphatic rings. The van der Waals surface area contributed by atoms with Gasteiger partial charge in [0.05, 0.1) is 39.6 Å². The van der Waals surface area contributed by atoms with Gasteiger partial charge in [0.2, 0.25) is 0 Å². The molecule has 4 heterocycles. The Labute approximate surface area is 130 Å². The van der Waals surface area contributed by atoms with E-state index in [0.29, 0.717) is 52.7 Å². The predicted molar refractivity (Wildman–Crippen MR) is 76.6 cm³/mol. The van der Waals surface area contributed by atoms with Crippen LogP contribution in [0, 0.1) is 0 Å². The zero-order valence-corrected chi connectivity index (χ0v) is 12.8. The van der Waals surface area contributed by atoms with Gasteiger partial charge >= 0.3 is 0 Å². The van der Waals surface area contributed by atoms with Crippen molar-refractivity contribution in [2.75, 3.05) is 65.8 Å². The van der Waals surface area contributed by atoms with Crippen LogP contribution in [0.3, 0.4) is 0 Å². The fourth-order valence-electron chi connectivity index (χ4n) is 2.61. The Kier molecular flexibility index (Phi) is 6.83. The van der Waals surface area contributed by atoms with Gasteiger partial charge in [-0.3, -0.25) is 0 Å². The molecule has 2 N–H and O–H groups in total. The average Bonchev–Trinajstić information content (AvgIpc) is 2.55. The van der Waals surface area contributed by atoms with Gasteiger partial charge in [0, 0.05) is 26.2 Å². The van der Waals surface area contributed by atoms with Crippen molar-refractivity contribution in [3.8, 4) is 0 Å². The van der Waals surface area contributed by atoms with Gasteiger partial charge in [-0.1, -0.05) is 0 Å². The highest BCUT2D eigenvalue weighted by atomic mass is 16.8. The van der Waals surface area contributed by atoms with Crippen LogP contribution in [0.1, 0.15) is 0 Å². The van der Waals surface area contributed by atoms with Crippen LogP contribution in [0.15, 0.2) is 0 Å². The topological polar surface area (TPSA) is 79.4 Å². The lowest BCUT2D eigenvalue weighted by Crippen LogP contribution is -2.56. The van der Waals surface area contributed by atoms with Crippen LogP contribution in [-0.4, -0.2) is 90.6 Å². The molecule has 0 radical (unpaired) electrons. The van der Waals surface area contributed by atoms with Gasteiger partial charge in [-0.2, -0.15) is 0 Å². The largest absolute Gasteiger partial charge is 0.378 e. The number of fused-ring (bicyclic) bond motifs is 13.